The number of aromatic nitrogens is 1. The molecule has 2 rings (SSSR count). The molecule has 1 nitrogen and oxygen atoms in total. The lowest BCUT2D eigenvalue weighted by atomic mass is 10.1. The van der Waals surface area contributed by atoms with Crippen LogP contribution >= 0.6 is 49.9 Å². The lowest BCUT2D eigenvalue weighted by Crippen LogP contribution is -1.85. The van der Waals surface area contributed by atoms with Crippen molar-refractivity contribution in [3.63, 3.8) is 0 Å². The molecule has 0 unspecified atom stereocenters. The molecule has 0 aliphatic heterocycles. The van der Waals surface area contributed by atoms with E-state index in [1.807, 2.05) is 6.07 Å². The Labute approximate surface area is 113 Å². The van der Waals surface area contributed by atoms with Gasteiger partial charge in [-0.1, -0.05) is 34.1 Å². The van der Waals surface area contributed by atoms with Crippen LogP contribution in [-0.2, 0) is 5.33 Å². The van der Waals surface area contributed by atoms with Crippen molar-refractivity contribution in [1.82, 2.24) is 4.98 Å². The van der Waals surface area contributed by atoms with Crippen LogP contribution in [0, 0.1) is 8.83 Å². The van der Waals surface area contributed by atoms with Gasteiger partial charge >= 0.3 is 0 Å². The van der Waals surface area contributed by atoms with E-state index in [2.05, 4.69) is 43.5 Å². The van der Waals surface area contributed by atoms with E-state index in [-0.39, 0.29) is 5.82 Å². The van der Waals surface area contributed by atoms with Gasteiger partial charge in [0.15, 0.2) is 3.01 Å². The van der Waals surface area contributed by atoms with Gasteiger partial charge in [-0.05, 0) is 28.7 Å². The SMILES string of the molecule is Fc1ccccc1-c1sc(I)nc1CBr. The predicted octanol–water partition coefficient (Wildman–Crippen LogP) is 4.45. The molecule has 0 saturated carbocycles. The van der Waals surface area contributed by atoms with Crippen LogP contribution in [0.2, 0.25) is 0 Å². The number of hydrogen-bond acceptors (Lipinski definition) is 2. The number of benzene rings is 1. The highest BCUT2D eigenvalue weighted by Crippen LogP contribution is 2.33. The molecular weight excluding hydrogens is 392 g/mol. The zero-order valence-corrected chi connectivity index (χ0v) is 12.1. The van der Waals surface area contributed by atoms with Gasteiger partial charge in [-0.25, -0.2) is 9.37 Å². The van der Waals surface area contributed by atoms with Gasteiger partial charge in [-0.2, -0.15) is 0 Å². The second kappa shape index (κ2) is 4.88. The van der Waals surface area contributed by atoms with Crippen molar-refractivity contribution in [3.05, 3.63) is 38.8 Å². The van der Waals surface area contributed by atoms with E-state index in [0.717, 1.165) is 13.6 Å². The van der Waals surface area contributed by atoms with Crippen LogP contribution in [0.5, 0.6) is 0 Å². The van der Waals surface area contributed by atoms with Gasteiger partial charge in [0.05, 0.1) is 10.6 Å². The first-order valence-electron chi connectivity index (χ1n) is 4.18. The Morgan fingerprint density at radius 3 is 2.80 bits per heavy atom. The van der Waals surface area contributed by atoms with E-state index in [0.29, 0.717) is 10.9 Å². The Morgan fingerprint density at radius 1 is 1.40 bits per heavy atom. The summed E-state index contributed by atoms with van der Waals surface area (Å²) < 4.78 is 14.5. The molecule has 5 heteroatoms. The maximum atomic E-state index is 13.6. The average Bonchev–Trinajstić information content (AvgIpc) is 2.60. The van der Waals surface area contributed by atoms with Crippen LogP contribution < -0.4 is 0 Å². The number of alkyl halides is 1. The smallest absolute Gasteiger partial charge is 0.154 e. The van der Waals surface area contributed by atoms with Gasteiger partial charge < -0.3 is 0 Å². The standard InChI is InChI=1S/C10H6BrFINS/c11-5-8-9(15-10(13)14-8)6-3-1-2-4-7(6)12/h1-4H,5H2. The number of halogens is 3. The topological polar surface area (TPSA) is 12.9 Å². The molecule has 0 fully saturated rings. The molecule has 1 heterocycles. The summed E-state index contributed by atoms with van der Waals surface area (Å²) in [7, 11) is 0. The summed E-state index contributed by atoms with van der Waals surface area (Å²) >= 11 is 7.03. The minimum absolute atomic E-state index is 0.195. The summed E-state index contributed by atoms with van der Waals surface area (Å²) in [6.45, 7) is 0. The molecule has 0 aliphatic rings. The Hall–Kier alpha value is -0.0100. The number of nitrogens with zero attached hydrogens (tertiary/aromatic N) is 1. The van der Waals surface area contributed by atoms with E-state index in [1.54, 1.807) is 12.1 Å². The third kappa shape index (κ3) is 2.39. The maximum Gasteiger partial charge on any atom is 0.154 e. The molecule has 0 bridgehead atoms. The summed E-state index contributed by atoms with van der Waals surface area (Å²) in [6.07, 6.45) is 0. The molecule has 0 spiro atoms. The first-order valence-corrected chi connectivity index (χ1v) is 7.20. The Bertz CT molecular complexity index is 486. The minimum atomic E-state index is -0.195. The molecule has 0 atom stereocenters. The van der Waals surface area contributed by atoms with Crippen molar-refractivity contribution in [2.45, 2.75) is 5.33 Å². The molecular formula is C10H6BrFINS. The zero-order valence-electron chi connectivity index (χ0n) is 7.51. The Kier molecular flexibility index (Phi) is 3.73. The number of thiazole rings is 1. The van der Waals surface area contributed by atoms with Gasteiger partial charge in [0.2, 0.25) is 0 Å². The molecule has 1 aromatic carbocycles. The van der Waals surface area contributed by atoms with Crippen molar-refractivity contribution in [2.24, 2.45) is 0 Å². The molecule has 78 valence electrons. The fourth-order valence-corrected chi connectivity index (χ4v) is 3.65. The van der Waals surface area contributed by atoms with Crippen LogP contribution in [0.1, 0.15) is 5.69 Å². The summed E-state index contributed by atoms with van der Waals surface area (Å²) in [6, 6.07) is 6.78. The normalized spacial score (nSPS) is 10.6. The highest BCUT2D eigenvalue weighted by Gasteiger charge is 2.13. The average molecular weight is 398 g/mol. The van der Waals surface area contributed by atoms with Crippen molar-refractivity contribution < 1.29 is 4.39 Å². The van der Waals surface area contributed by atoms with Crippen LogP contribution in [0.25, 0.3) is 10.4 Å². The van der Waals surface area contributed by atoms with Gasteiger partial charge in [0, 0.05) is 10.9 Å². The fraction of sp³-hybridized carbons (Fsp3) is 0.100. The van der Waals surface area contributed by atoms with Crippen LogP contribution in [-0.4, -0.2) is 4.98 Å². The van der Waals surface area contributed by atoms with Crippen molar-refractivity contribution >= 4 is 49.9 Å². The molecule has 0 N–H and O–H groups in total. The predicted molar refractivity (Wildman–Crippen MR) is 72.9 cm³/mol. The Morgan fingerprint density at radius 2 is 2.13 bits per heavy atom. The van der Waals surface area contributed by atoms with Crippen LogP contribution in [0.15, 0.2) is 24.3 Å². The van der Waals surface area contributed by atoms with Gasteiger partial charge in [0.25, 0.3) is 0 Å². The lowest BCUT2D eigenvalue weighted by Gasteiger charge is -2.00. The second-order valence-corrected chi connectivity index (χ2v) is 6.17. The molecule has 0 aliphatic carbocycles. The van der Waals surface area contributed by atoms with E-state index < -0.39 is 0 Å². The lowest BCUT2D eigenvalue weighted by molar-refractivity contribution is 0.631. The third-order valence-electron chi connectivity index (χ3n) is 1.92. The third-order valence-corrected chi connectivity index (χ3v) is 4.27. The van der Waals surface area contributed by atoms with E-state index in [9.17, 15) is 4.39 Å². The zero-order chi connectivity index (χ0) is 10.8. The van der Waals surface area contributed by atoms with Crippen LogP contribution in [0.4, 0.5) is 4.39 Å². The molecule has 1 aromatic heterocycles. The van der Waals surface area contributed by atoms with Gasteiger partial charge in [-0.3, -0.25) is 0 Å². The molecule has 0 radical (unpaired) electrons. The first kappa shape index (κ1) is 11.5. The van der Waals surface area contributed by atoms with Crippen molar-refractivity contribution in [1.29, 1.82) is 0 Å². The van der Waals surface area contributed by atoms with Crippen molar-refractivity contribution in [2.75, 3.05) is 0 Å². The van der Waals surface area contributed by atoms with Crippen molar-refractivity contribution in [3.8, 4) is 10.4 Å². The largest absolute Gasteiger partial charge is 0.234 e. The van der Waals surface area contributed by atoms with Crippen LogP contribution in [0.3, 0.4) is 0 Å². The maximum absolute atomic E-state index is 13.6. The molecule has 0 saturated heterocycles. The highest BCUT2D eigenvalue weighted by atomic mass is 127. The van der Waals surface area contributed by atoms with Gasteiger partial charge in [-0.15, -0.1) is 11.3 Å². The Balaban J connectivity index is 2.58. The summed E-state index contributed by atoms with van der Waals surface area (Å²) in [5.74, 6) is -0.195. The summed E-state index contributed by atoms with van der Waals surface area (Å²) in [5.41, 5.74) is 1.53. The van der Waals surface area contributed by atoms with Gasteiger partial charge in [0.1, 0.15) is 5.82 Å². The van der Waals surface area contributed by atoms with E-state index in [4.69, 9.17) is 0 Å². The van der Waals surface area contributed by atoms with E-state index in [1.165, 1.54) is 17.4 Å². The molecule has 0 amide bonds. The number of hydrogen-bond donors (Lipinski definition) is 0. The molecule has 2 aromatic rings. The monoisotopic (exact) mass is 397 g/mol. The summed E-state index contributed by atoms with van der Waals surface area (Å²) in [4.78, 5) is 5.25. The highest BCUT2D eigenvalue weighted by molar-refractivity contribution is 14.1. The summed E-state index contributed by atoms with van der Waals surface area (Å²) in [5, 5.41) is 0.649. The fourth-order valence-electron chi connectivity index (χ4n) is 1.27. The molecule has 15 heavy (non-hydrogen) atoms. The first-order chi connectivity index (χ1) is 7.22. The second-order valence-electron chi connectivity index (χ2n) is 2.86. The quantitative estimate of drug-likeness (QED) is 0.539. The minimum Gasteiger partial charge on any atom is -0.234 e. The van der Waals surface area contributed by atoms with E-state index >= 15 is 0 Å². The number of rotatable bonds is 2.